The fourth-order valence-electron chi connectivity index (χ4n) is 4.39. The molecule has 0 spiro atoms. The van der Waals surface area contributed by atoms with E-state index in [2.05, 4.69) is 75.4 Å². The third kappa shape index (κ3) is 4.12. The summed E-state index contributed by atoms with van der Waals surface area (Å²) in [6.45, 7) is 4.93. The topological polar surface area (TPSA) is 35.2 Å². The summed E-state index contributed by atoms with van der Waals surface area (Å²) in [7, 11) is 0. The predicted molar refractivity (Wildman–Crippen MR) is 123 cm³/mol. The zero-order chi connectivity index (χ0) is 20.3. The lowest BCUT2D eigenvalue weighted by molar-refractivity contribution is 0.103. The monoisotopic (exact) mass is 416 g/mol. The summed E-state index contributed by atoms with van der Waals surface area (Å²) in [4.78, 5) is 13.2. The van der Waals surface area contributed by atoms with Gasteiger partial charge in [-0.05, 0) is 29.3 Å². The van der Waals surface area contributed by atoms with Crippen molar-refractivity contribution in [1.29, 1.82) is 0 Å². The Labute approximate surface area is 182 Å². The van der Waals surface area contributed by atoms with Crippen LogP contribution >= 0.6 is 11.6 Å². The van der Waals surface area contributed by atoms with Gasteiger partial charge in [0, 0.05) is 31.2 Å². The van der Waals surface area contributed by atoms with Gasteiger partial charge in [-0.2, -0.15) is 0 Å². The van der Waals surface area contributed by atoms with E-state index in [1.807, 2.05) is 18.2 Å². The molecule has 4 nitrogen and oxygen atoms in total. The van der Waals surface area contributed by atoms with Crippen LogP contribution in [0.3, 0.4) is 0 Å². The largest absolute Gasteiger partial charge is 0.341 e. The Morgan fingerprint density at radius 3 is 2.10 bits per heavy atom. The summed E-state index contributed by atoms with van der Waals surface area (Å²) < 4.78 is 0. The van der Waals surface area contributed by atoms with Gasteiger partial charge in [-0.15, -0.1) is 0 Å². The SMILES string of the molecule is Clc1ccc2nc(CN3CCN(C(c4ccccc4)c4ccccc4)CC3)[nH]c2c1. The molecule has 152 valence electrons. The molecule has 0 saturated carbocycles. The Morgan fingerprint density at radius 2 is 1.47 bits per heavy atom. The maximum Gasteiger partial charge on any atom is 0.121 e. The minimum Gasteiger partial charge on any atom is -0.341 e. The van der Waals surface area contributed by atoms with Gasteiger partial charge in [-0.3, -0.25) is 9.80 Å². The van der Waals surface area contributed by atoms with Crippen molar-refractivity contribution in [3.8, 4) is 0 Å². The number of hydrogen-bond donors (Lipinski definition) is 1. The van der Waals surface area contributed by atoms with Crippen LogP contribution in [0.5, 0.6) is 0 Å². The number of hydrogen-bond acceptors (Lipinski definition) is 3. The van der Waals surface area contributed by atoms with Crippen LogP contribution in [0.1, 0.15) is 23.0 Å². The number of nitrogens with zero attached hydrogens (tertiary/aromatic N) is 3. The summed E-state index contributed by atoms with van der Waals surface area (Å²) in [6, 6.07) is 27.8. The van der Waals surface area contributed by atoms with Gasteiger partial charge in [0.05, 0.1) is 23.6 Å². The summed E-state index contributed by atoms with van der Waals surface area (Å²) >= 11 is 6.10. The van der Waals surface area contributed by atoms with Gasteiger partial charge >= 0.3 is 0 Å². The Morgan fingerprint density at radius 1 is 0.833 bits per heavy atom. The molecular formula is C25H25ClN4. The van der Waals surface area contributed by atoms with Crippen molar-refractivity contribution in [3.05, 3.63) is 101 Å². The predicted octanol–water partition coefficient (Wildman–Crippen LogP) is 5.12. The molecular weight excluding hydrogens is 392 g/mol. The van der Waals surface area contributed by atoms with Crippen LogP contribution in [-0.2, 0) is 6.54 Å². The van der Waals surface area contributed by atoms with E-state index in [-0.39, 0.29) is 0 Å². The molecule has 1 aromatic heterocycles. The number of benzene rings is 3. The number of piperazine rings is 1. The van der Waals surface area contributed by atoms with Gasteiger partial charge in [-0.25, -0.2) is 4.98 Å². The molecule has 0 bridgehead atoms. The highest BCUT2D eigenvalue weighted by Gasteiger charge is 2.26. The molecule has 5 rings (SSSR count). The molecule has 1 saturated heterocycles. The van der Waals surface area contributed by atoms with Crippen molar-refractivity contribution in [1.82, 2.24) is 19.8 Å². The van der Waals surface area contributed by atoms with Gasteiger partial charge in [0.1, 0.15) is 5.82 Å². The normalized spacial score (nSPS) is 15.8. The Kier molecular flexibility index (Phi) is 5.54. The quantitative estimate of drug-likeness (QED) is 0.490. The molecule has 30 heavy (non-hydrogen) atoms. The van der Waals surface area contributed by atoms with Crippen molar-refractivity contribution in [2.75, 3.05) is 26.2 Å². The van der Waals surface area contributed by atoms with Crippen LogP contribution in [-0.4, -0.2) is 45.9 Å². The number of H-pyrrole nitrogens is 1. The first-order valence-electron chi connectivity index (χ1n) is 10.5. The molecule has 3 aromatic carbocycles. The second-order valence-electron chi connectivity index (χ2n) is 7.88. The van der Waals surface area contributed by atoms with Crippen LogP contribution in [0.4, 0.5) is 0 Å². The zero-order valence-corrected chi connectivity index (χ0v) is 17.6. The smallest absolute Gasteiger partial charge is 0.121 e. The van der Waals surface area contributed by atoms with Crippen molar-refractivity contribution in [2.45, 2.75) is 12.6 Å². The van der Waals surface area contributed by atoms with Crippen LogP contribution in [0.2, 0.25) is 5.02 Å². The maximum absolute atomic E-state index is 6.10. The lowest BCUT2D eigenvalue weighted by Gasteiger charge is -2.39. The second-order valence-corrected chi connectivity index (χ2v) is 8.32. The maximum atomic E-state index is 6.10. The number of imidazole rings is 1. The number of fused-ring (bicyclic) bond motifs is 1. The first-order valence-corrected chi connectivity index (χ1v) is 10.8. The highest BCUT2D eigenvalue weighted by atomic mass is 35.5. The number of aromatic amines is 1. The van der Waals surface area contributed by atoms with Gasteiger partial charge in [0.15, 0.2) is 0 Å². The summed E-state index contributed by atoms with van der Waals surface area (Å²) in [5.74, 6) is 1.00. The van der Waals surface area contributed by atoms with Crippen LogP contribution in [0, 0.1) is 0 Å². The summed E-state index contributed by atoms with van der Waals surface area (Å²) in [6.07, 6.45) is 0. The zero-order valence-electron chi connectivity index (χ0n) is 16.8. The van der Waals surface area contributed by atoms with Gasteiger partial charge in [0.25, 0.3) is 0 Å². The molecule has 1 aliphatic rings. The lowest BCUT2D eigenvalue weighted by atomic mass is 9.96. The number of aromatic nitrogens is 2. The van der Waals surface area contributed by atoms with Crippen molar-refractivity contribution in [3.63, 3.8) is 0 Å². The van der Waals surface area contributed by atoms with E-state index >= 15 is 0 Å². The van der Waals surface area contributed by atoms with Crippen molar-refractivity contribution >= 4 is 22.6 Å². The van der Waals surface area contributed by atoms with Crippen molar-refractivity contribution in [2.24, 2.45) is 0 Å². The number of nitrogens with one attached hydrogen (secondary N) is 1. The fourth-order valence-corrected chi connectivity index (χ4v) is 4.56. The molecule has 0 amide bonds. The Balaban J connectivity index is 1.29. The summed E-state index contributed by atoms with van der Waals surface area (Å²) in [5, 5.41) is 0.735. The van der Waals surface area contributed by atoms with E-state index in [0.717, 1.165) is 54.6 Å². The van der Waals surface area contributed by atoms with Crippen LogP contribution < -0.4 is 0 Å². The summed E-state index contributed by atoms with van der Waals surface area (Å²) in [5.41, 5.74) is 4.68. The van der Waals surface area contributed by atoms with E-state index < -0.39 is 0 Å². The molecule has 0 atom stereocenters. The third-order valence-electron chi connectivity index (χ3n) is 5.87. The number of halogens is 1. The molecule has 4 aromatic rings. The molecule has 0 radical (unpaired) electrons. The number of rotatable bonds is 5. The molecule has 1 N–H and O–H groups in total. The molecule has 1 fully saturated rings. The van der Waals surface area contributed by atoms with E-state index in [1.165, 1.54) is 11.1 Å². The molecule has 0 unspecified atom stereocenters. The van der Waals surface area contributed by atoms with Gasteiger partial charge in [0.2, 0.25) is 0 Å². The lowest BCUT2D eigenvalue weighted by Crippen LogP contribution is -2.47. The second kappa shape index (κ2) is 8.60. The van der Waals surface area contributed by atoms with Gasteiger partial charge in [-0.1, -0.05) is 72.3 Å². The highest BCUT2D eigenvalue weighted by Crippen LogP contribution is 2.29. The molecule has 1 aliphatic heterocycles. The standard InChI is InChI=1S/C25H25ClN4/c26-21-11-12-22-23(17-21)28-24(27-22)18-29-13-15-30(16-14-29)25(19-7-3-1-4-8-19)20-9-5-2-6-10-20/h1-12,17,25H,13-16,18H2,(H,27,28). The van der Waals surface area contributed by atoms with E-state index in [0.29, 0.717) is 6.04 Å². The minimum atomic E-state index is 0.294. The van der Waals surface area contributed by atoms with E-state index in [9.17, 15) is 0 Å². The average molecular weight is 417 g/mol. The van der Waals surface area contributed by atoms with Crippen LogP contribution in [0.25, 0.3) is 11.0 Å². The van der Waals surface area contributed by atoms with Crippen LogP contribution in [0.15, 0.2) is 78.9 Å². The molecule has 2 heterocycles. The Bertz CT molecular complexity index is 1060. The first kappa shape index (κ1) is 19.3. The third-order valence-corrected chi connectivity index (χ3v) is 6.10. The molecule has 0 aliphatic carbocycles. The first-order chi connectivity index (χ1) is 14.8. The van der Waals surface area contributed by atoms with E-state index in [1.54, 1.807) is 0 Å². The average Bonchev–Trinajstić information content (AvgIpc) is 3.18. The molecule has 5 heteroatoms. The Hall–Kier alpha value is -2.66. The fraction of sp³-hybridized carbons (Fsp3) is 0.240. The minimum absolute atomic E-state index is 0.294. The van der Waals surface area contributed by atoms with Crippen molar-refractivity contribution < 1.29 is 0 Å². The van der Waals surface area contributed by atoms with E-state index in [4.69, 9.17) is 16.6 Å². The highest BCUT2D eigenvalue weighted by molar-refractivity contribution is 6.31. The van der Waals surface area contributed by atoms with Gasteiger partial charge < -0.3 is 4.98 Å².